The number of nitrogens with one attached hydrogen (secondary N) is 5. The smallest absolute Gasteiger partial charge is 0.265 e. The average molecular weight is 381 g/mol. The highest BCUT2D eigenvalue weighted by Crippen LogP contribution is 2.27. The van der Waals surface area contributed by atoms with Crippen molar-refractivity contribution in [3.05, 3.63) is 59.2 Å². The normalized spacial score (nSPS) is 17.8. The second kappa shape index (κ2) is 8.70. The van der Waals surface area contributed by atoms with E-state index in [0.29, 0.717) is 6.42 Å². The van der Waals surface area contributed by atoms with Crippen LogP contribution in [0.25, 0.3) is 0 Å². The summed E-state index contributed by atoms with van der Waals surface area (Å²) in [5.74, 6) is 0.620. The van der Waals surface area contributed by atoms with Crippen LogP contribution in [0.3, 0.4) is 0 Å². The Kier molecular flexibility index (Phi) is 5.87. The van der Waals surface area contributed by atoms with Crippen molar-refractivity contribution < 1.29 is 9.53 Å². The molecule has 2 aromatic carbocycles. The Balaban J connectivity index is 1.46. The van der Waals surface area contributed by atoms with E-state index in [9.17, 15) is 4.79 Å². The van der Waals surface area contributed by atoms with Crippen molar-refractivity contribution in [2.45, 2.75) is 51.3 Å². The van der Waals surface area contributed by atoms with Crippen molar-refractivity contribution in [2.24, 2.45) is 0 Å². The fourth-order valence-electron chi connectivity index (χ4n) is 3.75. The predicted octanol–water partition coefficient (Wildman–Crippen LogP) is 2.48. The van der Waals surface area contributed by atoms with E-state index in [1.165, 1.54) is 24.0 Å². The summed E-state index contributed by atoms with van der Waals surface area (Å²) in [4.78, 5) is 12.9. The fourth-order valence-corrected chi connectivity index (χ4v) is 3.75. The second-order valence-electron chi connectivity index (χ2n) is 7.20. The van der Waals surface area contributed by atoms with Crippen LogP contribution in [0.2, 0.25) is 0 Å². The molecule has 0 spiro atoms. The molecule has 1 unspecified atom stereocenters. The van der Waals surface area contributed by atoms with Crippen LogP contribution in [0.1, 0.15) is 49.0 Å². The van der Waals surface area contributed by atoms with Crippen LogP contribution >= 0.6 is 0 Å². The van der Waals surface area contributed by atoms with Gasteiger partial charge in [0.25, 0.3) is 5.91 Å². The molecule has 28 heavy (non-hydrogen) atoms. The second-order valence-corrected chi connectivity index (χ2v) is 7.20. The lowest BCUT2D eigenvalue weighted by Gasteiger charge is -2.21. The van der Waals surface area contributed by atoms with E-state index >= 15 is 0 Å². The van der Waals surface area contributed by atoms with Gasteiger partial charge in [0.2, 0.25) is 0 Å². The van der Waals surface area contributed by atoms with Crippen LogP contribution in [0, 0.1) is 0 Å². The SMILES string of the molecule is CCC(Oc1ccc2c(c1)CCCC2)C(=O)Nc1ccccc1C1NNNN1. The zero-order valence-corrected chi connectivity index (χ0v) is 16.0. The standard InChI is InChI=1S/C21H27N5O2/c1-2-19(28-16-12-11-14-7-3-4-8-15(14)13-16)21(27)22-18-10-6-5-9-17(18)20-23-25-26-24-20/h5-6,9-13,19-20,23-26H,2-4,7-8H2,1H3,(H,22,27). The summed E-state index contributed by atoms with van der Waals surface area (Å²) in [6, 6.07) is 13.9. The molecule has 0 aromatic heterocycles. The maximum Gasteiger partial charge on any atom is 0.265 e. The Morgan fingerprint density at radius 1 is 1.11 bits per heavy atom. The van der Waals surface area contributed by atoms with Gasteiger partial charge in [-0.2, -0.15) is 11.1 Å². The molecule has 5 N–H and O–H groups in total. The van der Waals surface area contributed by atoms with Gasteiger partial charge in [-0.1, -0.05) is 31.2 Å². The van der Waals surface area contributed by atoms with Crippen molar-refractivity contribution in [3.63, 3.8) is 0 Å². The van der Waals surface area contributed by atoms with Crippen LogP contribution in [0.4, 0.5) is 5.69 Å². The number of aryl methyl sites for hydroxylation is 2. The summed E-state index contributed by atoms with van der Waals surface area (Å²) < 4.78 is 6.06. The first kappa shape index (κ1) is 18.9. The molecule has 2 aromatic rings. The molecule has 4 rings (SSSR count). The molecule has 1 atom stereocenters. The first-order valence-corrected chi connectivity index (χ1v) is 9.94. The monoisotopic (exact) mass is 381 g/mol. The minimum Gasteiger partial charge on any atom is -0.481 e. The van der Waals surface area contributed by atoms with Gasteiger partial charge < -0.3 is 10.1 Å². The summed E-state index contributed by atoms with van der Waals surface area (Å²) >= 11 is 0. The fraction of sp³-hybridized carbons (Fsp3) is 0.381. The number of carbonyl (C=O) groups excluding carboxylic acids is 1. The largest absolute Gasteiger partial charge is 0.481 e. The van der Waals surface area contributed by atoms with E-state index in [2.05, 4.69) is 39.4 Å². The Hall–Kier alpha value is -2.45. The summed E-state index contributed by atoms with van der Waals surface area (Å²) in [5.41, 5.74) is 16.1. The van der Waals surface area contributed by atoms with Crippen LogP contribution in [-0.2, 0) is 17.6 Å². The highest BCUT2D eigenvalue weighted by atomic mass is 16.5. The van der Waals surface area contributed by atoms with E-state index in [1.807, 2.05) is 37.3 Å². The van der Waals surface area contributed by atoms with Gasteiger partial charge in [-0.05, 0) is 61.4 Å². The number of rotatable bonds is 6. The highest BCUT2D eigenvalue weighted by molar-refractivity contribution is 5.95. The number of ether oxygens (including phenoxy) is 1. The van der Waals surface area contributed by atoms with E-state index in [0.717, 1.165) is 29.8 Å². The third-order valence-corrected chi connectivity index (χ3v) is 5.29. The summed E-state index contributed by atoms with van der Waals surface area (Å²) in [5, 5.41) is 3.02. The predicted molar refractivity (Wildman–Crippen MR) is 108 cm³/mol. The lowest BCUT2D eigenvalue weighted by molar-refractivity contribution is -0.122. The number of para-hydroxylation sites is 1. The Morgan fingerprint density at radius 2 is 1.86 bits per heavy atom. The minimum absolute atomic E-state index is 0.147. The first-order valence-electron chi connectivity index (χ1n) is 9.94. The molecule has 0 saturated carbocycles. The Morgan fingerprint density at radius 3 is 2.64 bits per heavy atom. The van der Waals surface area contributed by atoms with Crippen LogP contribution in [-0.4, -0.2) is 12.0 Å². The molecular weight excluding hydrogens is 354 g/mol. The van der Waals surface area contributed by atoms with Gasteiger partial charge in [-0.3, -0.25) is 4.79 Å². The van der Waals surface area contributed by atoms with Gasteiger partial charge in [0.05, 0.1) is 0 Å². The summed E-state index contributed by atoms with van der Waals surface area (Å²) in [6.45, 7) is 1.96. The molecule has 148 valence electrons. The van der Waals surface area contributed by atoms with E-state index in [-0.39, 0.29) is 12.1 Å². The molecule has 2 aliphatic rings. The van der Waals surface area contributed by atoms with E-state index in [4.69, 9.17) is 4.74 Å². The molecule has 1 aliphatic carbocycles. The molecule has 1 aliphatic heterocycles. The Labute approximate surface area is 165 Å². The van der Waals surface area contributed by atoms with Gasteiger partial charge >= 0.3 is 0 Å². The van der Waals surface area contributed by atoms with Crippen molar-refractivity contribution in [1.29, 1.82) is 0 Å². The molecule has 1 fully saturated rings. The van der Waals surface area contributed by atoms with Crippen molar-refractivity contribution >= 4 is 11.6 Å². The molecule has 1 heterocycles. The van der Waals surface area contributed by atoms with Gasteiger partial charge in [0.1, 0.15) is 11.9 Å². The van der Waals surface area contributed by atoms with Gasteiger partial charge in [-0.15, -0.1) is 0 Å². The van der Waals surface area contributed by atoms with Crippen molar-refractivity contribution in [1.82, 2.24) is 21.9 Å². The third-order valence-electron chi connectivity index (χ3n) is 5.29. The molecule has 0 bridgehead atoms. The molecule has 1 amide bonds. The summed E-state index contributed by atoms with van der Waals surface area (Å²) in [7, 11) is 0. The molecule has 7 heteroatoms. The lowest BCUT2D eigenvalue weighted by Crippen LogP contribution is -2.33. The number of hydrazine groups is 3. The quantitative estimate of drug-likeness (QED) is 0.529. The number of carbonyl (C=O) groups is 1. The topological polar surface area (TPSA) is 86.5 Å². The number of anilines is 1. The van der Waals surface area contributed by atoms with Gasteiger partial charge in [0, 0.05) is 11.3 Å². The maximum absolute atomic E-state index is 12.9. The number of fused-ring (bicyclic) bond motifs is 1. The molecular formula is C21H27N5O2. The van der Waals surface area contributed by atoms with Gasteiger partial charge in [-0.25, -0.2) is 10.9 Å². The zero-order valence-electron chi connectivity index (χ0n) is 16.0. The van der Waals surface area contributed by atoms with E-state index < -0.39 is 6.10 Å². The number of hydrogen-bond donors (Lipinski definition) is 5. The van der Waals surface area contributed by atoms with Crippen molar-refractivity contribution in [2.75, 3.05) is 5.32 Å². The average Bonchev–Trinajstić information content (AvgIpc) is 3.27. The summed E-state index contributed by atoms with van der Waals surface area (Å²) in [6.07, 6.45) is 4.59. The van der Waals surface area contributed by atoms with Crippen LogP contribution < -0.4 is 32.0 Å². The van der Waals surface area contributed by atoms with Gasteiger partial charge in [0.15, 0.2) is 6.10 Å². The first-order chi connectivity index (χ1) is 13.7. The Bertz CT molecular complexity index is 835. The zero-order chi connectivity index (χ0) is 19.3. The highest BCUT2D eigenvalue weighted by Gasteiger charge is 2.23. The minimum atomic E-state index is -0.546. The van der Waals surface area contributed by atoms with Crippen molar-refractivity contribution in [3.8, 4) is 5.75 Å². The third kappa shape index (κ3) is 4.18. The number of hydrogen-bond acceptors (Lipinski definition) is 6. The number of amides is 1. The maximum atomic E-state index is 12.9. The van der Waals surface area contributed by atoms with Crippen LogP contribution in [0.15, 0.2) is 42.5 Å². The van der Waals surface area contributed by atoms with E-state index in [1.54, 1.807) is 0 Å². The number of benzene rings is 2. The molecule has 1 saturated heterocycles. The van der Waals surface area contributed by atoms with Crippen LogP contribution in [0.5, 0.6) is 5.75 Å². The molecule has 7 nitrogen and oxygen atoms in total. The molecule has 0 radical (unpaired) electrons. The lowest BCUT2D eigenvalue weighted by atomic mass is 9.92.